The van der Waals surface area contributed by atoms with E-state index in [1.165, 1.54) is 0 Å². The molecule has 0 aromatic heterocycles. The molecule has 6 heteroatoms. The molecule has 0 aliphatic heterocycles. The van der Waals surface area contributed by atoms with Crippen LogP contribution < -0.4 is 0 Å². The summed E-state index contributed by atoms with van der Waals surface area (Å²) in [6.07, 6.45) is 0. The van der Waals surface area contributed by atoms with Crippen LogP contribution in [0.1, 0.15) is 0 Å². The van der Waals surface area contributed by atoms with Gasteiger partial charge in [0, 0.05) is 0 Å². The van der Waals surface area contributed by atoms with E-state index >= 15 is 0 Å². The molecule has 2 radical (unpaired) electrons. The third-order valence-electron chi connectivity index (χ3n) is 0. The van der Waals surface area contributed by atoms with Crippen LogP contribution in [0.4, 0.5) is 0 Å². The van der Waals surface area contributed by atoms with E-state index in [4.69, 9.17) is 17.5 Å². The molecule has 4 nitrogen and oxygen atoms in total. The summed E-state index contributed by atoms with van der Waals surface area (Å²) in [5.74, 6) is 0. The van der Waals surface area contributed by atoms with Gasteiger partial charge in [-0.3, -0.25) is 9.11 Å². The van der Waals surface area contributed by atoms with Crippen molar-refractivity contribution >= 4 is 37.7 Å². The third-order valence-corrected chi connectivity index (χ3v) is 0. The Morgan fingerprint density at radius 2 is 1.17 bits per heavy atom. The fourth-order valence-electron chi connectivity index (χ4n) is 0. The van der Waals surface area contributed by atoms with E-state index in [9.17, 15) is 0 Å². The average molecular weight is 307 g/mol. The molecule has 0 aliphatic carbocycles. The van der Waals surface area contributed by atoms with Crippen molar-refractivity contribution in [2.75, 3.05) is 0 Å². The van der Waals surface area contributed by atoms with Crippen LogP contribution in [0.2, 0.25) is 0 Å². The molecular weight excluding hydrogens is 303 g/mol. The molecule has 38 valence electrons. The average Bonchev–Trinajstić information content (AvgIpc) is 0.722. The van der Waals surface area contributed by atoms with Gasteiger partial charge in [-0.1, -0.05) is 0 Å². The normalized spacial score (nSPS) is 9.67. The van der Waals surface area contributed by atoms with Gasteiger partial charge in [0.2, 0.25) is 0 Å². The summed E-state index contributed by atoms with van der Waals surface area (Å²) in [5, 5.41) is 0. The Morgan fingerprint density at radius 3 is 1.17 bits per heavy atom. The number of hydrogen-bond acceptors (Lipinski definition) is 2. The molecule has 0 saturated heterocycles. The van der Waals surface area contributed by atoms with Crippen LogP contribution in [-0.4, -0.2) is 44.8 Å². The second-order valence-corrected chi connectivity index (χ2v) is 1.34. The molecule has 6 heavy (non-hydrogen) atoms. The van der Waals surface area contributed by atoms with Crippen LogP contribution in [0.15, 0.2) is 0 Å². The van der Waals surface area contributed by atoms with Gasteiger partial charge in [-0.05, 0) is 0 Å². The van der Waals surface area contributed by atoms with Crippen LogP contribution >= 0.6 is 0 Å². The molecule has 0 bridgehead atoms. The Kier molecular flexibility index (Phi) is 4.77. The SMILES string of the molecule is O=S(=O)(O)O.[PbH2]. The van der Waals surface area contributed by atoms with Crippen molar-refractivity contribution in [2.45, 2.75) is 0 Å². The van der Waals surface area contributed by atoms with E-state index in [2.05, 4.69) is 0 Å². The van der Waals surface area contributed by atoms with Gasteiger partial charge in [-0.15, -0.1) is 0 Å². The van der Waals surface area contributed by atoms with E-state index in [0.29, 0.717) is 0 Å². The van der Waals surface area contributed by atoms with Crippen molar-refractivity contribution in [1.82, 2.24) is 0 Å². The van der Waals surface area contributed by atoms with Gasteiger partial charge >= 0.3 is 37.7 Å². The second kappa shape index (κ2) is 2.88. The minimum atomic E-state index is -4.67. The zero-order valence-electron chi connectivity index (χ0n) is 2.83. The summed E-state index contributed by atoms with van der Waals surface area (Å²) >= 11 is 0. The third kappa shape index (κ3) is 110. The summed E-state index contributed by atoms with van der Waals surface area (Å²) in [4.78, 5) is 0. The van der Waals surface area contributed by atoms with Crippen molar-refractivity contribution in [3.05, 3.63) is 0 Å². The van der Waals surface area contributed by atoms with Crippen molar-refractivity contribution in [3.63, 3.8) is 0 Å². The summed E-state index contributed by atoms with van der Waals surface area (Å²) < 4.78 is 31.6. The summed E-state index contributed by atoms with van der Waals surface area (Å²) in [6.45, 7) is 0. The molecule has 0 atom stereocenters. The zero-order chi connectivity index (χ0) is 4.50. The van der Waals surface area contributed by atoms with Gasteiger partial charge in [0.15, 0.2) is 0 Å². The molecule has 0 aromatic rings. The van der Waals surface area contributed by atoms with Crippen LogP contribution in [0.5, 0.6) is 0 Å². The van der Waals surface area contributed by atoms with E-state index in [1.54, 1.807) is 0 Å². The Hall–Kier alpha value is 0.792. The molecule has 0 amide bonds. The topological polar surface area (TPSA) is 74.6 Å². The van der Waals surface area contributed by atoms with Crippen molar-refractivity contribution in [3.8, 4) is 0 Å². The molecule has 0 unspecified atom stereocenters. The summed E-state index contributed by atoms with van der Waals surface area (Å²) in [5.41, 5.74) is 0. The Morgan fingerprint density at radius 1 is 1.17 bits per heavy atom. The van der Waals surface area contributed by atoms with E-state index in [1.807, 2.05) is 0 Å². The summed E-state index contributed by atoms with van der Waals surface area (Å²) in [6, 6.07) is 0. The van der Waals surface area contributed by atoms with Crippen molar-refractivity contribution in [2.24, 2.45) is 0 Å². The first-order chi connectivity index (χ1) is 2.00. The quantitative estimate of drug-likeness (QED) is 0.419. The van der Waals surface area contributed by atoms with Gasteiger partial charge < -0.3 is 0 Å². The molecule has 0 aliphatic rings. The summed E-state index contributed by atoms with van der Waals surface area (Å²) in [7, 11) is -4.67. The van der Waals surface area contributed by atoms with Crippen molar-refractivity contribution in [1.29, 1.82) is 0 Å². The molecule has 2 N–H and O–H groups in total. The molecule has 0 fully saturated rings. The predicted octanol–water partition coefficient (Wildman–Crippen LogP) is -1.57. The monoisotopic (exact) mass is 308 g/mol. The maximum atomic E-state index is 8.74. The standard InChI is InChI=1S/H2O4S.Pb.2H/c1-5(2,3)4;;;/h(H2,1,2,3,4);;;. The molecule has 0 heterocycles. The number of rotatable bonds is 0. The molecule has 0 saturated carbocycles. The molecule has 0 spiro atoms. The van der Waals surface area contributed by atoms with Crippen molar-refractivity contribution < 1.29 is 17.5 Å². The van der Waals surface area contributed by atoms with Crippen LogP contribution in [0.3, 0.4) is 0 Å². The molecular formula is H4O4PbS. The van der Waals surface area contributed by atoms with Gasteiger partial charge in [0.25, 0.3) is 0 Å². The minimum absolute atomic E-state index is 0. The van der Waals surface area contributed by atoms with E-state index < -0.39 is 10.4 Å². The molecule has 0 rings (SSSR count). The first kappa shape index (κ1) is 9.92. The van der Waals surface area contributed by atoms with Gasteiger partial charge in [-0.25, -0.2) is 0 Å². The predicted molar refractivity (Wildman–Crippen MR) is 22.7 cm³/mol. The first-order valence-electron chi connectivity index (χ1n) is 0.698. The van der Waals surface area contributed by atoms with Gasteiger partial charge in [0.1, 0.15) is 0 Å². The molecule has 0 aromatic carbocycles. The van der Waals surface area contributed by atoms with E-state index in [0.717, 1.165) is 0 Å². The van der Waals surface area contributed by atoms with Gasteiger partial charge in [-0.2, -0.15) is 8.42 Å². The Balaban J connectivity index is 0. The fraction of sp³-hybridized carbons (Fsp3) is 0. The van der Waals surface area contributed by atoms with Crippen LogP contribution in [-0.2, 0) is 10.4 Å². The van der Waals surface area contributed by atoms with Gasteiger partial charge in [0.05, 0.1) is 0 Å². The second-order valence-electron chi connectivity index (χ2n) is 0.448. The first-order valence-corrected chi connectivity index (χ1v) is 2.10. The zero-order valence-corrected chi connectivity index (χ0v) is 9.14. The Labute approximate surface area is 55.3 Å². The number of hydrogen-bond donors (Lipinski definition) is 2. The van der Waals surface area contributed by atoms with Crippen LogP contribution in [0, 0.1) is 0 Å². The Bertz CT molecular complexity index is 90.7. The maximum absolute atomic E-state index is 8.74. The fourth-order valence-corrected chi connectivity index (χ4v) is 0. The van der Waals surface area contributed by atoms with E-state index in [-0.39, 0.29) is 27.3 Å². The van der Waals surface area contributed by atoms with Crippen LogP contribution in [0.25, 0.3) is 0 Å².